The van der Waals surface area contributed by atoms with Crippen molar-refractivity contribution >= 4 is 39.2 Å². The lowest BCUT2D eigenvalue weighted by Crippen LogP contribution is -2.27. The first-order valence-electron chi connectivity index (χ1n) is 9.02. The van der Waals surface area contributed by atoms with Gasteiger partial charge in [0, 0.05) is 17.5 Å². The summed E-state index contributed by atoms with van der Waals surface area (Å²) in [5, 5.41) is 6.98. The molecule has 0 spiro atoms. The van der Waals surface area contributed by atoms with Crippen LogP contribution in [0.2, 0.25) is 0 Å². The van der Waals surface area contributed by atoms with E-state index in [-0.39, 0.29) is 5.91 Å². The highest BCUT2D eigenvalue weighted by Crippen LogP contribution is 2.37. The normalized spacial score (nSPS) is 10.9. The fourth-order valence-electron chi connectivity index (χ4n) is 2.96. The minimum atomic E-state index is 0.0178. The molecule has 0 saturated heterocycles. The number of hydrogen-bond donors (Lipinski definition) is 1. The van der Waals surface area contributed by atoms with Gasteiger partial charge >= 0.3 is 0 Å². The van der Waals surface area contributed by atoms with Crippen LogP contribution >= 0.6 is 23.1 Å². The molecule has 0 saturated carbocycles. The van der Waals surface area contributed by atoms with Crippen LogP contribution in [0.15, 0.2) is 77.4 Å². The van der Waals surface area contributed by atoms with Crippen molar-refractivity contribution in [1.29, 1.82) is 0 Å². The van der Waals surface area contributed by atoms with Crippen LogP contribution in [0.3, 0.4) is 0 Å². The van der Waals surface area contributed by atoms with Crippen molar-refractivity contribution in [2.24, 2.45) is 0 Å². The van der Waals surface area contributed by atoms with Gasteiger partial charge in [-0.3, -0.25) is 4.79 Å². The fourth-order valence-corrected chi connectivity index (χ4v) is 4.79. The zero-order chi connectivity index (χ0) is 19.2. The van der Waals surface area contributed by atoms with Crippen molar-refractivity contribution in [3.63, 3.8) is 0 Å². The third-order valence-electron chi connectivity index (χ3n) is 4.34. The number of carbonyl (C=O) groups is 1. The lowest BCUT2D eigenvalue weighted by atomic mass is 10.1. The molecule has 2 aromatic heterocycles. The maximum atomic E-state index is 12.3. The van der Waals surface area contributed by atoms with Gasteiger partial charge in [0.2, 0.25) is 5.91 Å². The summed E-state index contributed by atoms with van der Waals surface area (Å²) in [5.74, 6) is 0.356. The minimum Gasteiger partial charge on any atom is -0.355 e. The maximum Gasteiger partial charge on any atom is 0.230 e. The number of benzene rings is 2. The molecule has 0 fully saturated rings. The van der Waals surface area contributed by atoms with Gasteiger partial charge in [-0.2, -0.15) is 0 Å². The Hall–Kier alpha value is -2.70. The molecule has 4 nitrogen and oxygen atoms in total. The van der Waals surface area contributed by atoms with Crippen LogP contribution in [0.25, 0.3) is 21.3 Å². The molecule has 140 valence electrons. The van der Waals surface area contributed by atoms with E-state index in [0.29, 0.717) is 12.3 Å². The fraction of sp³-hybridized carbons (Fsp3) is 0.136. The minimum absolute atomic E-state index is 0.0178. The van der Waals surface area contributed by atoms with Gasteiger partial charge < -0.3 is 5.32 Å². The summed E-state index contributed by atoms with van der Waals surface area (Å²) in [6.07, 6.45) is 2.40. The second-order valence-electron chi connectivity index (χ2n) is 6.25. The number of nitrogens with one attached hydrogen (secondary N) is 1. The van der Waals surface area contributed by atoms with Gasteiger partial charge in [0.05, 0.1) is 11.1 Å². The van der Waals surface area contributed by atoms with Gasteiger partial charge in [-0.15, -0.1) is 11.3 Å². The van der Waals surface area contributed by atoms with Crippen LogP contribution in [0.5, 0.6) is 0 Å². The Balaban J connectivity index is 1.42. The number of amides is 1. The Labute approximate surface area is 172 Å². The first-order chi connectivity index (χ1) is 13.8. The van der Waals surface area contributed by atoms with Crippen LogP contribution in [0, 0.1) is 0 Å². The second-order valence-corrected chi connectivity index (χ2v) is 8.07. The van der Waals surface area contributed by atoms with E-state index in [2.05, 4.69) is 44.9 Å². The van der Waals surface area contributed by atoms with Gasteiger partial charge in [0.1, 0.15) is 16.2 Å². The molecule has 0 aliphatic rings. The zero-order valence-electron chi connectivity index (χ0n) is 15.2. The van der Waals surface area contributed by atoms with Crippen LogP contribution in [0.4, 0.5) is 0 Å². The molecule has 0 unspecified atom stereocenters. The Bertz CT molecular complexity index is 1070. The molecular formula is C22H19N3OS2. The summed E-state index contributed by atoms with van der Waals surface area (Å²) in [4.78, 5) is 22.0. The molecule has 0 aliphatic heterocycles. The zero-order valence-corrected chi connectivity index (χ0v) is 16.8. The third kappa shape index (κ3) is 4.40. The molecule has 0 aliphatic carbocycles. The molecule has 1 N–H and O–H groups in total. The first kappa shape index (κ1) is 18.7. The largest absolute Gasteiger partial charge is 0.355 e. The van der Waals surface area contributed by atoms with Crippen molar-refractivity contribution in [1.82, 2.24) is 15.3 Å². The number of carbonyl (C=O) groups excluding carboxylic acids is 1. The lowest BCUT2D eigenvalue weighted by molar-refractivity contribution is -0.118. The average Bonchev–Trinajstić information content (AvgIpc) is 3.18. The highest BCUT2D eigenvalue weighted by Gasteiger charge is 2.14. The van der Waals surface area contributed by atoms with Crippen molar-refractivity contribution in [3.05, 3.63) is 77.9 Å². The van der Waals surface area contributed by atoms with E-state index in [4.69, 9.17) is 0 Å². The van der Waals surface area contributed by atoms with E-state index in [1.807, 2.05) is 36.4 Å². The lowest BCUT2D eigenvalue weighted by Gasteiger charge is -2.07. The Morgan fingerprint density at radius 2 is 1.75 bits per heavy atom. The molecule has 2 heterocycles. The number of thiophene rings is 1. The predicted molar refractivity (Wildman–Crippen MR) is 117 cm³/mol. The van der Waals surface area contributed by atoms with E-state index in [1.165, 1.54) is 17.3 Å². The van der Waals surface area contributed by atoms with E-state index in [0.717, 1.165) is 32.8 Å². The number of thioether (sulfide) groups is 1. The molecule has 4 rings (SSSR count). The summed E-state index contributed by atoms with van der Waals surface area (Å²) in [6, 6.07) is 20.4. The molecule has 0 radical (unpaired) electrons. The van der Waals surface area contributed by atoms with Crippen molar-refractivity contribution in [3.8, 4) is 11.1 Å². The molecule has 0 bridgehead atoms. The van der Waals surface area contributed by atoms with Gasteiger partial charge in [-0.1, -0.05) is 72.4 Å². The van der Waals surface area contributed by atoms with Crippen molar-refractivity contribution in [2.45, 2.75) is 11.4 Å². The van der Waals surface area contributed by atoms with E-state index < -0.39 is 0 Å². The van der Waals surface area contributed by atoms with Crippen LogP contribution in [-0.4, -0.2) is 28.2 Å². The van der Waals surface area contributed by atoms with Crippen molar-refractivity contribution < 1.29 is 4.79 Å². The van der Waals surface area contributed by atoms with Crippen LogP contribution in [-0.2, 0) is 11.2 Å². The van der Waals surface area contributed by atoms with Gasteiger partial charge in [-0.25, -0.2) is 9.97 Å². The molecular weight excluding hydrogens is 386 g/mol. The molecule has 28 heavy (non-hydrogen) atoms. The molecule has 2 aromatic carbocycles. The van der Waals surface area contributed by atoms with E-state index in [1.54, 1.807) is 17.7 Å². The number of hydrogen-bond acceptors (Lipinski definition) is 5. The number of rotatable bonds is 7. The van der Waals surface area contributed by atoms with Crippen LogP contribution in [0.1, 0.15) is 5.56 Å². The number of fused-ring (bicyclic) bond motifs is 1. The highest BCUT2D eigenvalue weighted by molar-refractivity contribution is 8.00. The van der Waals surface area contributed by atoms with Gasteiger partial charge in [0.25, 0.3) is 0 Å². The predicted octanol–water partition coefficient (Wildman–Crippen LogP) is 4.81. The number of nitrogens with zero attached hydrogens (tertiary/aromatic N) is 2. The standard InChI is InChI=1S/C22H19N3OS2/c26-19(23-12-11-16-7-3-1-4-8-16)14-28-22-20-18(17-9-5-2-6-10-17)13-27-21(20)24-15-25-22/h1-10,13,15H,11-12,14H2,(H,23,26). The summed E-state index contributed by atoms with van der Waals surface area (Å²) in [5.41, 5.74) is 3.48. The molecule has 0 atom stereocenters. The highest BCUT2D eigenvalue weighted by atomic mass is 32.2. The Morgan fingerprint density at radius 1 is 1.00 bits per heavy atom. The third-order valence-corrected chi connectivity index (χ3v) is 6.21. The topological polar surface area (TPSA) is 54.9 Å². The SMILES string of the molecule is O=C(CSc1ncnc2scc(-c3ccccc3)c12)NCCc1ccccc1. The van der Waals surface area contributed by atoms with E-state index in [9.17, 15) is 4.79 Å². The quantitative estimate of drug-likeness (QED) is 0.354. The van der Waals surface area contributed by atoms with Crippen molar-refractivity contribution in [2.75, 3.05) is 12.3 Å². The Kier molecular flexibility index (Phi) is 5.99. The summed E-state index contributed by atoms with van der Waals surface area (Å²) in [6.45, 7) is 0.635. The number of aromatic nitrogens is 2. The second kappa shape index (κ2) is 8.99. The van der Waals surface area contributed by atoms with Gasteiger partial charge in [0.15, 0.2) is 0 Å². The van der Waals surface area contributed by atoms with E-state index >= 15 is 0 Å². The molecule has 6 heteroatoms. The monoisotopic (exact) mass is 405 g/mol. The Morgan fingerprint density at radius 3 is 2.54 bits per heavy atom. The smallest absolute Gasteiger partial charge is 0.230 e. The summed E-state index contributed by atoms with van der Waals surface area (Å²) >= 11 is 3.06. The molecule has 4 aromatic rings. The van der Waals surface area contributed by atoms with Gasteiger partial charge in [-0.05, 0) is 17.5 Å². The average molecular weight is 406 g/mol. The molecule has 1 amide bonds. The summed E-state index contributed by atoms with van der Waals surface area (Å²) in [7, 11) is 0. The first-order valence-corrected chi connectivity index (χ1v) is 10.9. The summed E-state index contributed by atoms with van der Waals surface area (Å²) < 4.78 is 0. The maximum absolute atomic E-state index is 12.3. The van der Waals surface area contributed by atoms with Crippen LogP contribution < -0.4 is 5.32 Å².